The Morgan fingerprint density at radius 3 is 2.89 bits per heavy atom. The molecule has 104 valence electrons. The SMILES string of the molecule is Cc1ccc(F)cc1CN1CCNCC12CCCC2. The predicted molar refractivity (Wildman–Crippen MR) is 75.6 cm³/mol. The Kier molecular flexibility index (Phi) is 3.59. The van der Waals surface area contributed by atoms with Gasteiger partial charge in [0.15, 0.2) is 0 Å². The van der Waals surface area contributed by atoms with Gasteiger partial charge in [0.25, 0.3) is 0 Å². The molecule has 0 unspecified atom stereocenters. The predicted octanol–water partition coefficient (Wildman–Crippen LogP) is 2.85. The van der Waals surface area contributed by atoms with Crippen LogP contribution in [0.15, 0.2) is 18.2 Å². The highest BCUT2D eigenvalue weighted by atomic mass is 19.1. The highest BCUT2D eigenvalue weighted by molar-refractivity contribution is 5.27. The molecule has 2 fully saturated rings. The van der Waals surface area contributed by atoms with Crippen molar-refractivity contribution >= 4 is 0 Å². The second-order valence-electron chi connectivity index (χ2n) is 6.10. The smallest absolute Gasteiger partial charge is 0.123 e. The lowest BCUT2D eigenvalue weighted by molar-refractivity contribution is 0.0570. The van der Waals surface area contributed by atoms with Crippen molar-refractivity contribution in [2.24, 2.45) is 0 Å². The summed E-state index contributed by atoms with van der Waals surface area (Å²) in [4.78, 5) is 2.60. The summed E-state index contributed by atoms with van der Waals surface area (Å²) in [5, 5.41) is 3.54. The Morgan fingerprint density at radius 2 is 2.11 bits per heavy atom. The van der Waals surface area contributed by atoms with E-state index in [1.165, 1.54) is 31.2 Å². The second-order valence-corrected chi connectivity index (χ2v) is 6.10. The first-order valence-corrected chi connectivity index (χ1v) is 7.40. The largest absolute Gasteiger partial charge is 0.314 e. The Labute approximate surface area is 115 Å². The average molecular weight is 262 g/mol. The van der Waals surface area contributed by atoms with Crippen LogP contribution in [0.1, 0.15) is 36.8 Å². The summed E-state index contributed by atoms with van der Waals surface area (Å²) in [5.41, 5.74) is 2.68. The minimum Gasteiger partial charge on any atom is -0.314 e. The molecule has 1 saturated heterocycles. The summed E-state index contributed by atoms with van der Waals surface area (Å²) in [6, 6.07) is 5.16. The first-order valence-electron chi connectivity index (χ1n) is 7.40. The Balaban J connectivity index is 1.82. The summed E-state index contributed by atoms with van der Waals surface area (Å²) in [5.74, 6) is -0.115. The van der Waals surface area contributed by atoms with Crippen LogP contribution in [0.2, 0.25) is 0 Å². The van der Waals surface area contributed by atoms with Crippen molar-refractivity contribution in [1.82, 2.24) is 10.2 Å². The van der Waals surface area contributed by atoms with E-state index in [9.17, 15) is 4.39 Å². The molecule has 1 aliphatic heterocycles. The third-order valence-corrected chi connectivity index (χ3v) is 4.89. The van der Waals surface area contributed by atoms with E-state index in [0.717, 1.165) is 31.7 Å². The molecule has 2 aliphatic rings. The van der Waals surface area contributed by atoms with Crippen LogP contribution in [0, 0.1) is 12.7 Å². The molecule has 2 nitrogen and oxygen atoms in total. The van der Waals surface area contributed by atoms with Gasteiger partial charge in [-0.25, -0.2) is 4.39 Å². The Bertz CT molecular complexity index is 452. The maximum absolute atomic E-state index is 13.4. The van der Waals surface area contributed by atoms with Crippen molar-refractivity contribution < 1.29 is 4.39 Å². The van der Waals surface area contributed by atoms with Crippen LogP contribution >= 0.6 is 0 Å². The highest BCUT2D eigenvalue weighted by Crippen LogP contribution is 2.37. The third kappa shape index (κ3) is 2.54. The average Bonchev–Trinajstić information content (AvgIpc) is 2.86. The maximum atomic E-state index is 13.4. The molecule has 3 rings (SSSR count). The summed E-state index contributed by atoms with van der Waals surface area (Å²) in [6.07, 6.45) is 5.24. The normalized spacial score (nSPS) is 23.1. The molecule has 19 heavy (non-hydrogen) atoms. The molecular weight excluding hydrogens is 239 g/mol. The van der Waals surface area contributed by atoms with Gasteiger partial charge >= 0.3 is 0 Å². The second kappa shape index (κ2) is 5.22. The van der Waals surface area contributed by atoms with Crippen LogP contribution in [-0.4, -0.2) is 30.1 Å². The van der Waals surface area contributed by atoms with Gasteiger partial charge in [0.1, 0.15) is 5.82 Å². The van der Waals surface area contributed by atoms with Gasteiger partial charge in [-0.3, -0.25) is 4.90 Å². The minimum atomic E-state index is -0.115. The minimum absolute atomic E-state index is 0.115. The van der Waals surface area contributed by atoms with Crippen molar-refractivity contribution in [3.63, 3.8) is 0 Å². The number of hydrogen-bond acceptors (Lipinski definition) is 2. The van der Waals surface area contributed by atoms with E-state index in [0.29, 0.717) is 5.54 Å². The lowest BCUT2D eigenvalue weighted by atomic mass is 9.91. The number of aryl methyl sites for hydroxylation is 1. The van der Waals surface area contributed by atoms with Crippen molar-refractivity contribution in [3.8, 4) is 0 Å². The molecule has 1 aromatic rings. The lowest BCUT2D eigenvalue weighted by Crippen LogP contribution is -2.59. The standard InChI is InChI=1S/C16H23FN2/c1-13-4-5-15(17)10-14(13)11-19-9-8-18-12-16(19)6-2-3-7-16/h4-5,10,18H,2-3,6-9,11-12H2,1H3. The van der Waals surface area contributed by atoms with Crippen molar-refractivity contribution in [3.05, 3.63) is 35.1 Å². The molecular formula is C16H23FN2. The number of nitrogens with zero attached hydrogens (tertiary/aromatic N) is 1. The third-order valence-electron chi connectivity index (χ3n) is 4.89. The van der Waals surface area contributed by atoms with Crippen LogP contribution in [0.4, 0.5) is 4.39 Å². The molecule has 1 N–H and O–H groups in total. The molecule has 0 atom stereocenters. The summed E-state index contributed by atoms with van der Waals surface area (Å²) >= 11 is 0. The fourth-order valence-electron chi connectivity index (χ4n) is 3.67. The van der Waals surface area contributed by atoms with Crippen molar-refractivity contribution in [2.45, 2.75) is 44.7 Å². The zero-order valence-corrected chi connectivity index (χ0v) is 11.7. The Morgan fingerprint density at radius 1 is 1.32 bits per heavy atom. The number of hydrogen-bond donors (Lipinski definition) is 1. The molecule has 1 spiro atoms. The topological polar surface area (TPSA) is 15.3 Å². The van der Waals surface area contributed by atoms with E-state index in [1.807, 2.05) is 6.07 Å². The van der Waals surface area contributed by atoms with E-state index in [4.69, 9.17) is 0 Å². The maximum Gasteiger partial charge on any atom is 0.123 e. The van der Waals surface area contributed by atoms with Gasteiger partial charge in [0.05, 0.1) is 0 Å². The van der Waals surface area contributed by atoms with Crippen LogP contribution < -0.4 is 5.32 Å². The van der Waals surface area contributed by atoms with Gasteiger partial charge in [0, 0.05) is 31.7 Å². The van der Waals surface area contributed by atoms with E-state index in [2.05, 4.69) is 17.1 Å². The molecule has 0 amide bonds. The van der Waals surface area contributed by atoms with Crippen molar-refractivity contribution in [2.75, 3.05) is 19.6 Å². The first-order chi connectivity index (χ1) is 9.20. The van der Waals surface area contributed by atoms with E-state index < -0.39 is 0 Å². The van der Waals surface area contributed by atoms with Gasteiger partial charge in [-0.1, -0.05) is 18.9 Å². The number of nitrogens with one attached hydrogen (secondary N) is 1. The van der Waals surface area contributed by atoms with Gasteiger partial charge < -0.3 is 5.32 Å². The monoisotopic (exact) mass is 262 g/mol. The van der Waals surface area contributed by atoms with Gasteiger partial charge in [-0.15, -0.1) is 0 Å². The zero-order chi connectivity index (χ0) is 13.3. The summed E-state index contributed by atoms with van der Waals surface area (Å²) in [7, 11) is 0. The lowest BCUT2D eigenvalue weighted by Gasteiger charge is -2.45. The number of halogens is 1. The highest BCUT2D eigenvalue weighted by Gasteiger charge is 2.40. The van der Waals surface area contributed by atoms with E-state index >= 15 is 0 Å². The molecule has 1 aromatic carbocycles. The van der Waals surface area contributed by atoms with Crippen molar-refractivity contribution in [1.29, 1.82) is 0 Å². The quantitative estimate of drug-likeness (QED) is 0.881. The van der Waals surface area contributed by atoms with Crippen LogP contribution in [0.5, 0.6) is 0 Å². The van der Waals surface area contributed by atoms with E-state index in [-0.39, 0.29) is 5.82 Å². The fraction of sp³-hybridized carbons (Fsp3) is 0.625. The number of piperazine rings is 1. The molecule has 1 saturated carbocycles. The fourth-order valence-corrected chi connectivity index (χ4v) is 3.67. The summed E-state index contributed by atoms with van der Waals surface area (Å²) in [6.45, 7) is 6.21. The molecule has 0 aromatic heterocycles. The van der Waals surface area contributed by atoms with Crippen LogP contribution in [-0.2, 0) is 6.54 Å². The first kappa shape index (κ1) is 13.1. The van der Waals surface area contributed by atoms with Gasteiger partial charge in [0.2, 0.25) is 0 Å². The molecule has 0 radical (unpaired) electrons. The molecule has 0 bridgehead atoms. The zero-order valence-electron chi connectivity index (χ0n) is 11.7. The van der Waals surface area contributed by atoms with Gasteiger partial charge in [-0.05, 0) is 43.0 Å². The number of rotatable bonds is 2. The number of benzene rings is 1. The molecule has 1 aliphatic carbocycles. The summed E-state index contributed by atoms with van der Waals surface area (Å²) < 4.78 is 13.4. The van der Waals surface area contributed by atoms with Crippen LogP contribution in [0.3, 0.4) is 0 Å². The van der Waals surface area contributed by atoms with Crippen LogP contribution in [0.25, 0.3) is 0 Å². The van der Waals surface area contributed by atoms with E-state index in [1.54, 1.807) is 12.1 Å². The Hall–Kier alpha value is -0.930. The molecule has 1 heterocycles. The molecule has 3 heteroatoms. The van der Waals surface area contributed by atoms with Gasteiger partial charge in [-0.2, -0.15) is 0 Å².